The molecule has 1 aromatic heterocycles. The Kier molecular flexibility index (Phi) is 4.34. The second-order valence-electron chi connectivity index (χ2n) is 4.53. The number of rotatable bonds is 4. The zero-order valence-electron chi connectivity index (χ0n) is 10.3. The minimum absolute atomic E-state index is 0.0493. The van der Waals surface area contributed by atoms with Crippen molar-refractivity contribution < 1.29 is 9.84 Å². The molecule has 1 aliphatic heterocycles. The first kappa shape index (κ1) is 12.3. The molecule has 1 N–H and O–H groups in total. The number of aliphatic hydroxyl groups is 1. The van der Waals surface area contributed by atoms with E-state index in [1.165, 1.54) is 12.8 Å². The van der Waals surface area contributed by atoms with Crippen molar-refractivity contribution in [1.29, 1.82) is 0 Å². The Hall–Kier alpha value is -1.13. The number of likely N-dealkylation sites (N-methyl/N-ethyl adjacent to an activating group) is 1. The summed E-state index contributed by atoms with van der Waals surface area (Å²) in [7, 11) is 2.02. The third-order valence-electron chi connectivity index (χ3n) is 3.22. The van der Waals surface area contributed by atoms with Gasteiger partial charge in [-0.25, -0.2) is 0 Å². The zero-order valence-corrected chi connectivity index (χ0v) is 10.3. The van der Waals surface area contributed by atoms with E-state index in [2.05, 4.69) is 9.88 Å². The highest BCUT2D eigenvalue weighted by atomic mass is 16.5. The molecule has 0 spiro atoms. The number of aliphatic hydroxyl groups excluding tert-OH is 1. The molecule has 0 saturated carbocycles. The summed E-state index contributed by atoms with van der Waals surface area (Å²) in [6, 6.07) is 1.85. The quantitative estimate of drug-likeness (QED) is 0.862. The first-order valence-electron chi connectivity index (χ1n) is 6.17. The average Bonchev–Trinajstić information content (AvgIpc) is 2.40. The van der Waals surface area contributed by atoms with Crippen molar-refractivity contribution in [3.05, 3.63) is 24.0 Å². The summed E-state index contributed by atoms with van der Waals surface area (Å²) >= 11 is 0. The molecule has 1 aromatic rings. The molecule has 2 heterocycles. The van der Waals surface area contributed by atoms with Gasteiger partial charge in [0.25, 0.3) is 0 Å². The normalized spacial score (nSPS) is 20.2. The summed E-state index contributed by atoms with van der Waals surface area (Å²) in [5, 5.41) is 9.29. The van der Waals surface area contributed by atoms with E-state index < -0.39 is 0 Å². The maximum atomic E-state index is 9.29. The standard InChI is InChI=1S/C13H20N2O2/c1-15(9-12-4-2-3-7-17-12)13-8-14-6-5-11(13)10-16/h5-6,8,12,16H,2-4,7,9-10H2,1H3. The van der Waals surface area contributed by atoms with Crippen LogP contribution in [0.15, 0.2) is 18.5 Å². The maximum Gasteiger partial charge on any atom is 0.0749 e. The Morgan fingerprint density at radius 1 is 1.53 bits per heavy atom. The topological polar surface area (TPSA) is 45.6 Å². The summed E-state index contributed by atoms with van der Waals surface area (Å²) in [5.41, 5.74) is 1.91. The van der Waals surface area contributed by atoms with Crippen LogP contribution in [0.2, 0.25) is 0 Å². The van der Waals surface area contributed by atoms with E-state index in [1.54, 1.807) is 12.4 Å². The number of pyridine rings is 1. The van der Waals surface area contributed by atoms with Gasteiger partial charge in [0.15, 0.2) is 0 Å². The van der Waals surface area contributed by atoms with Crippen molar-refractivity contribution >= 4 is 5.69 Å². The molecule has 0 radical (unpaired) electrons. The molecule has 1 saturated heterocycles. The molecule has 0 amide bonds. The number of aromatic nitrogens is 1. The van der Waals surface area contributed by atoms with Gasteiger partial charge in [-0.3, -0.25) is 4.98 Å². The predicted molar refractivity (Wildman–Crippen MR) is 67.0 cm³/mol. The smallest absolute Gasteiger partial charge is 0.0749 e. The van der Waals surface area contributed by atoms with Crippen LogP contribution >= 0.6 is 0 Å². The summed E-state index contributed by atoms with van der Waals surface area (Å²) in [5.74, 6) is 0. The third kappa shape index (κ3) is 3.17. The molecule has 2 rings (SSSR count). The van der Waals surface area contributed by atoms with Crippen molar-refractivity contribution in [3.8, 4) is 0 Å². The predicted octanol–water partition coefficient (Wildman–Crippen LogP) is 1.58. The van der Waals surface area contributed by atoms with Crippen molar-refractivity contribution in [2.75, 3.05) is 25.1 Å². The van der Waals surface area contributed by atoms with Crippen LogP contribution in [0.1, 0.15) is 24.8 Å². The summed E-state index contributed by atoms with van der Waals surface area (Å²) in [6.45, 7) is 1.78. The van der Waals surface area contributed by atoms with Gasteiger partial charge < -0.3 is 14.7 Å². The van der Waals surface area contributed by atoms with Crippen LogP contribution in [-0.2, 0) is 11.3 Å². The Balaban J connectivity index is 2.00. The van der Waals surface area contributed by atoms with Gasteiger partial charge in [-0.05, 0) is 25.3 Å². The van der Waals surface area contributed by atoms with E-state index in [0.29, 0.717) is 6.10 Å². The lowest BCUT2D eigenvalue weighted by Crippen LogP contribution is -2.33. The van der Waals surface area contributed by atoms with Crippen molar-refractivity contribution in [3.63, 3.8) is 0 Å². The highest BCUT2D eigenvalue weighted by molar-refractivity contribution is 5.50. The molecule has 0 aromatic carbocycles. The second-order valence-corrected chi connectivity index (χ2v) is 4.53. The minimum Gasteiger partial charge on any atom is -0.392 e. The van der Waals surface area contributed by atoms with Crippen LogP contribution in [0.25, 0.3) is 0 Å². The van der Waals surface area contributed by atoms with E-state index in [0.717, 1.165) is 30.8 Å². The zero-order chi connectivity index (χ0) is 12.1. The molecule has 1 fully saturated rings. The van der Waals surface area contributed by atoms with E-state index in [4.69, 9.17) is 4.74 Å². The summed E-state index contributed by atoms with van der Waals surface area (Å²) in [4.78, 5) is 6.23. The van der Waals surface area contributed by atoms with Crippen LogP contribution in [0.3, 0.4) is 0 Å². The molecular formula is C13H20N2O2. The highest BCUT2D eigenvalue weighted by Gasteiger charge is 2.17. The molecule has 0 aliphatic carbocycles. The number of hydrogen-bond acceptors (Lipinski definition) is 4. The van der Waals surface area contributed by atoms with Gasteiger partial charge in [-0.1, -0.05) is 0 Å². The molecule has 1 unspecified atom stereocenters. The number of anilines is 1. The molecule has 1 atom stereocenters. The van der Waals surface area contributed by atoms with E-state index >= 15 is 0 Å². The Morgan fingerprint density at radius 3 is 3.12 bits per heavy atom. The number of ether oxygens (including phenoxy) is 1. The SMILES string of the molecule is CN(CC1CCCCO1)c1cnccc1CO. The first-order valence-corrected chi connectivity index (χ1v) is 6.17. The number of nitrogens with zero attached hydrogens (tertiary/aromatic N) is 2. The van der Waals surface area contributed by atoms with Gasteiger partial charge in [-0.15, -0.1) is 0 Å². The fourth-order valence-corrected chi connectivity index (χ4v) is 2.25. The summed E-state index contributed by atoms with van der Waals surface area (Å²) < 4.78 is 5.72. The van der Waals surface area contributed by atoms with Crippen LogP contribution in [-0.4, -0.2) is 36.4 Å². The lowest BCUT2D eigenvalue weighted by Gasteiger charge is -2.29. The second kappa shape index (κ2) is 5.98. The molecule has 0 bridgehead atoms. The highest BCUT2D eigenvalue weighted by Crippen LogP contribution is 2.20. The monoisotopic (exact) mass is 236 g/mol. The van der Waals surface area contributed by atoms with Crippen LogP contribution in [0.4, 0.5) is 5.69 Å². The molecule has 17 heavy (non-hydrogen) atoms. The first-order chi connectivity index (χ1) is 8.31. The summed E-state index contributed by atoms with van der Waals surface area (Å²) in [6.07, 6.45) is 7.36. The van der Waals surface area contributed by atoms with Gasteiger partial charge in [0.05, 0.1) is 24.6 Å². The van der Waals surface area contributed by atoms with Crippen LogP contribution in [0.5, 0.6) is 0 Å². The lowest BCUT2D eigenvalue weighted by atomic mass is 10.1. The van der Waals surface area contributed by atoms with E-state index in [-0.39, 0.29) is 6.61 Å². The van der Waals surface area contributed by atoms with Crippen molar-refractivity contribution in [2.45, 2.75) is 32.0 Å². The Bertz CT molecular complexity index is 351. The largest absolute Gasteiger partial charge is 0.392 e. The minimum atomic E-state index is 0.0493. The van der Waals surface area contributed by atoms with Crippen LogP contribution < -0.4 is 4.90 Å². The van der Waals surface area contributed by atoms with Gasteiger partial charge in [0.1, 0.15) is 0 Å². The fraction of sp³-hybridized carbons (Fsp3) is 0.615. The third-order valence-corrected chi connectivity index (χ3v) is 3.22. The molecule has 94 valence electrons. The van der Waals surface area contributed by atoms with Gasteiger partial charge in [0.2, 0.25) is 0 Å². The van der Waals surface area contributed by atoms with Gasteiger partial charge in [-0.2, -0.15) is 0 Å². The molecular weight excluding hydrogens is 216 g/mol. The van der Waals surface area contributed by atoms with Crippen molar-refractivity contribution in [2.24, 2.45) is 0 Å². The Labute approximate surface area is 102 Å². The maximum absolute atomic E-state index is 9.29. The van der Waals surface area contributed by atoms with Crippen molar-refractivity contribution in [1.82, 2.24) is 4.98 Å². The molecule has 1 aliphatic rings. The van der Waals surface area contributed by atoms with Gasteiger partial charge in [0, 0.05) is 32.0 Å². The lowest BCUT2D eigenvalue weighted by molar-refractivity contribution is 0.0216. The average molecular weight is 236 g/mol. The molecule has 4 heteroatoms. The van der Waals surface area contributed by atoms with E-state index in [9.17, 15) is 5.11 Å². The Morgan fingerprint density at radius 2 is 2.41 bits per heavy atom. The van der Waals surface area contributed by atoms with Crippen LogP contribution in [0, 0.1) is 0 Å². The fourth-order valence-electron chi connectivity index (χ4n) is 2.25. The van der Waals surface area contributed by atoms with E-state index in [1.807, 2.05) is 13.1 Å². The van der Waals surface area contributed by atoms with Gasteiger partial charge >= 0.3 is 0 Å². The number of hydrogen-bond donors (Lipinski definition) is 1. The molecule has 4 nitrogen and oxygen atoms in total.